The van der Waals surface area contributed by atoms with Crippen LogP contribution < -0.4 is 5.73 Å². The minimum Gasteiger partial charge on any atom is -0.461 e. The zero-order valence-electron chi connectivity index (χ0n) is 9.23. The molecule has 0 fully saturated rings. The lowest BCUT2D eigenvalue weighted by Gasteiger charge is -1.98. The summed E-state index contributed by atoms with van der Waals surface area (Å²) in [5, 5.41) is 0. The summed E-state index contributed by atoms with van der Waals surface area (Å²) in [5.74, 6) is -0.428. The molecule has 2 N–H and O–H groups in total. The number of esters is 1. The van der Waals surface area contributed by atoms with Gasteiger partial charge in [-0.25, -0.2) is 9.78 Å². The third-order valence-corrected chi connectivity index (χ3v) is 2.20. The molecule has 0 radical (unpaired) electrons. The summed E-state index contributed by atoms with van der Waals surface area (Å²) < 4.78 is 6.61. The summed E-state index contributed by atoms with van der Waals surface area (Å²) in [6, 6.07) is 1.82. The lowest BCUT2D eigenvalue weighted by atomic mass is 10.3. The van der Waals surface area contributed by atoms with Crippen LogP contribution >= 0.6 is 0 Å². The Labute approximate surface area is 92.8 Å². The molecule has 0 saturated carbocycles. The number of pyridine rings is 1. The van der Waals surface area contributed by atoms with E-state index in [0.29, 0.717) is 17.9 Å². The van der Waals surface area contributed by atoms with Gasteiger partial charge >= 0.3 is 5.97 Å². The molecule has 2 aromatic rings. The normalized spacial score (nSPS) is 10.6. The number of anilines is 1. The van der Waals surface area contributed by atoms with Gasteiger partial charge in [0.25, 0.3) is 0 Å². The van der Waals surface area contributed by atoms with Crippen LogP contribution in [-0.2, 0) is 4.74 Å². The third kappa shape index (κ3) is 1.71. The monoisotopic (exact) mass is 219 g/mol. The van der Waals surface area contributed by atoms with E-state index in [2.05, 4.69) is 4.98 Å². The Morgan fingerprint density at radius 1 is 1.56 bits per heavy atom. The van der Waals surface area contributed by atoms with E-state index in [0.717, 1.165) is 5.56 Å². The van der Waals surface area contributed by atoms with Gasteiger partial charge in [-0.3, -0.25) is 0 Å². The van der Waals surface area contributed by atoms with Crippen molar-refractivity contribution in [2.45, 2.75) is 13.8 Å². The Hall–Kier alpha value is -2.04. The number of hydrogen-bond donors (Lipinski definition) is 1. The molecular formula is C11H13N3O2. The van der Waals surface area contributed by atoms with E-state index < -0.39 is 5.97 Å². The molecule has 0 bridgehead atoms. The summed E-state index contributed by atoms with van der Waals surface area (Å²) >= 11 is 0. The predicted molar refractivity (Wildman–Crippen MR) is 60.3 cm³/mol. The van der Waals surface area contributed by atoms with Crippen LogP contribution in [0.15, 0.2) is 18.5 Å². The standard InChI is InChI=1S/C11H13N3O2/c1-3-16-11(15)9-6-14-5-7(2)4-8(12)10(14)13-9/h4-6H,3,12H2,1-2H3. The van der Waals surface area contributed by atoms with Crippen LogP contribution in [0, 0.1) is 6.92 Å². The molecule has 16 heavy (non-hydrogen) atoms. The van der Waals surface area contributed by atoms with Crippen molar-refractivity contribution in [2.75, 3.05) is 12.3 Å². The summed E-state index contributed by atoms with van der Waals surface area (Å²) in [7, 11) is 0. The molecule has 5 heteroatoms. The lowest BCUT2D eigenvalue weighted by Crippen LogP contribution is -2.04. The van der Waals surface area contributed by atoms with Crippen LogP contribution in [0.25, 0.3) is 5.65 Å². The third-order valence-electron chi connectivity index (χ3n) is 2.20. The zero-order chi connectivity index (χ0) is 11.7. The molecule has 2 heterocycles. The number of imidazole rings is 1. The van der Waals surface area contributed by atoms with Gasteiger partial charge in [0.2, 0.25) is 0 Å². The molecule has 0 unspecified atom stereocenters. The Morgan fingerprint density at radius 2 is 2.31 bits per heavy atom. The Balaban J connectivity index is 2.51. The smallest absolute Gasteiger partial charge is 0.358 e. The van der Waals surface area contributed by atoms with E-state index in [9.17, 15) is 4.79 Å². The number of ether oxygens (including phenoxy) is 1. The maximum absolute atomic E-state index is 11.5. The number of aryl methyl sites for hydroxylation is 1. The zero-order valence-corrected chi connectivity index (χ0v) is 9.23. The van der Waals surface area contributed by atoms with Gasteiger partial charge in [0.1, 0.15) is 0 Å². The quantitative estimate of drug-likeness (QED) is 0.775. The predicted octanol–water partition coefficient (Wildman–Crippen LogP) is 1.40. The topological polar surface area (TPSA) is 69.6 Å². The molecule has 84 valence electrons. The van der Waals surface area contributed by atoms with Crippen molar-refractivity contribution in [1.29, 1.82) is 0 Å². The van der Waals surface area contributed by atoms with Gasteiger partial charge < -0.3 is 14.9 Å². The van der Waals surface area contributed by atoms with E-state index in [1.54, 1.807) is 17.5 Å². The largest absolute Gasteiger partial charge is 0.461 e. The molecule has 2 aromatic heterocycles. The highest BCUT2D eigenvalue weighted by Gasteiger charge is 2.12. The second-order valence-corrected chi connectivity index (χ2v) is 3.55. The van der Waals surface area contributed by atoms with E-state index in [4.69, 9.17) is 10.5 Å². The van der Waals surface area contributed by atoms with Gasteiger partial charge in [-0.1, -0.05) is 0 Å². The molecule has 0 aromatic carbocycles. The van der Waals surface area contributed by atoms with Crippen LogP contribution in [-0.4, -0.2) is 22.0 Å². The summed E-state index contributed by atoms with van der Waals surface area (Å²) in [5.41, 5.74) is 8.23. The molecule has 0 amide bonds. The van der Waals surface area contributed by atoms with Crippen molar-refractivity contribution < 1.29 is 9.53 Å². The van der Waals surface area contributed by atoms with Crippen LogP contribution in [0.3, 0.4) is 0 Å². The number of fused-ring (bicyclic) bond motifs is 1. The molecule has 0 spiro atoms. The van der Waals surface area contributed by atoms with Crippen LogP contribution in [0.4, 0.5) is 5.69 Å². The molecule has 0 aliphatic heterocycles. The summed E-state index contributed by atoms with van der Waals surface area (Å²) in [6.07, 6.45) is 3.48. The Kier molecular flexibility index (Phi) is 2.52. The second kappa shape index (κ2) is 3.84. The number of hydrogen-bond acceptors (Lipinski definition) is 4. The Morgan fingerprint density at radius 3 is 3.00 bits per heavy atom. The molecule has 0 saturated heterocycles. The SMILES string of the molecule is CCOC(=O)c1cn2cc(C)cc(N)c2n1. The van der Waals surface area contributed by atoms with Crippen molar-refractivity contribution in [1.82, 2.24) is 9.38 Å². The highest BCUT2D eigenvalue weighted by molar-refractivity contribution is 5.88. The second-order valence-electron chi connectivity index (χ2n) is 3.55. The van der Waals surface area contributed by atoms with Crippen molar-refractivity contribution in [3.05, 3.63) is 29.7 Å². The van der Waals surface area contributed by atoms with Gasteiger partial charge in [-0.05, 0) is 25.5 Å². The van der Waals surface area contributed by atoms with E-state index >= 15 is 0 Å². The molecule has 5 nitrogen and oxygen atoms in total. The average Bonchev–Trinajstić information content (AvgIpc) is 2.62. The maximum Gasteiger partial charge on any atom is 0.358 e. The molecule has 0 atom stereocenters. The van der Waals surface area contributed by atoms with Crippen molar-refractivity contribution in [3.63, 3.8) is 0 Å². The van der Waals surface area contributed by atoms with E-state index in [-0.39, 0.29) is 5.69 Å². The van der Waals surface area contributed by atoms with E-state index in [1.165, 1.54) is 0 Å². The molecule has 2 rings (SSSR count). The number of aromatic nitrogens is 2. The fourth-order valence-electron chi connectivity index (χ4n) is 1.58. The molecule has 0 aliphatic rings. The van der Waals surface area contributed by atoms with Crippen molar-refractivity contribution in [3.8, 4) is 0 Å². The van der Waals surface area contributed by atoms with Gasteiger partial charge in [0, 0.05) is 12.4 Å². The van der Waals surface area contributed by atoms with Gasteiger partial charge in [-0.2, -0.15) is 0 Å². The minimum absolute atomic E-state index is 0.277. The first-order valence-electron chi connectivity index (χ1n) is 5.03. The van der Waals surface area contributed by atoms with Gasteiger partial charge in [0.15, 0.2) is 11.3 Å². The van der Waals surface area contributed by atoms with Gasteiger partial charge in [-0.15, -0.1) is 0 Å². The van der Waals surface area contributed by atoms with E-state index in [1.807, 2.05) is 19.2 Å². The number of carbonyl (C=O) groups excluding carboxylic acids is 1. The van der Waals surface area contributed by atoms with Gasteiger partial charge in [0.05, 0.1) is 12.3 Å². The molecule has 0 aliphatic carbocycles. The summed E-state index contributed by atoms with van der Waals surface area (Å²) in [4.78, 5) is 15.6. The first-order chi connectivity index (χ1) is 7.61. The van der Waals surface area contributed by atoms with Crippen molar-refractivity contribution >= 4 is 17.3 Å². The fraction of sp³-hybridized carbons (Fsp3) is 0.273. The average molecular weight is 219 g/mol. The summed E-state index contributed by atoms with van der Waals surface area (Å²) in [6.45, 7) is 4.02. The molecular weight excluding hydrogens is 206 g/mol. The number of rotatable bonds is 2. The Bertz CT molecular complexity index is 545. The van der Waals surface area contributed by atoms with Crippen LogP contribution in [0.5, 0.6) is 0 Å². The lowest BCUT2D eigenvalue weighted by molar-refractivity contribution is 0.0520. The van der Waals surface area contributed by atoms with Crippen LogP contribution in [0.2, 0.25) is 0 Å². The fourth-order valence-corrected chi connectivity index (χ4v) is 1.58. The maximum atomic E-state index is 11.5. The first-order valence-corrected chi connectivity index (χ1v) is 5.03. The van der Waals surface area contributed by atoms with Crippen molar-refractivity contribution in [2.24, 2.45) is 0 Å². The number of nitrogen functional groups attached to an aromatic ring is 1. The number of nitrogens with zero attached hydrogens (tertiary/aromatic N) is 2. The highest BCUT2D eigenvalue weighted by atomic mass is 16.5. The highest BCUT2D eigenvalue weighted by Crippen LogP contribution is 2.15. The minimum atomic E-state index is -0.428. The van der Waals surface area contributed by atoms with Crippen LogP contribution in [0.1, 0.15) is 23.0 Å². The number of nitrogens with two attached hydrogens (primary N) is 1. The first kappa shape index (κ1) is 10.5. The number of carbonyl (C=O) groups is 1.